The first-order valence-electron chi connectivity index (χ1n) is 13.8. The number of hydrogen-bond acceptors (Lipinski definition) is 7. The molecule has 4 rings (SSSR count). The number of carbonyl (C=O) groups excluding carboxylic acids is 3. The molecule has 1 aromatic carbocycles. The van der Waals surface area contributed by atoms with Crippen LogP contribution in [0, 0.1) is 17.8 Å². The fourth-order valence-electron chi connectivity index (χ4n) is 6.65. The van der Waals surface area contributed by atoms with Gasteiger partial charge in [-0.3, -0.25) is 14.4 Å². The van der Waals surface area contributed by atoms with Crippen molar-refractivity contribution in [3.8, 4) is 5.75 Å². The minimum absolute atomic E-state index is 0.0675. The van der Waals surface area contributed by atoms with E-state index in [1.807, 2.05) is 24.3 Å². The van der Waals surface area contributed by atoms with Gasteiger partial charge in [0, 0.05) is 30.6 Å². The van der Waals surface area contributed by atoms with Crippen LogP contribution in [0.3, 0.4) is 0 Å². The molecule has 3 unspecified atom stereocenters. The smallest absolute Gasteiger partial charge is 0.311 e. The molecule has 9 heteroatoms. The van der Waals surface area contributed by atoms with Crippen LogP contribution in [-0.4, -0.2) is 77.2 Å². The number of thioether (sulfide) groups is 1. The summed E-state index contributed by atoms with van der Waals surface area (Å²) in [6.07, 6.45) is 7.08. The summed E-state index contributed by atoms with van der Waals surface area (Å²) >= 11 is 1.64. The van der Waals surface area contributed by atoms with E-state index in [0.29, 0.717) is 24.4 Å². The molecular formula is C30H40N2O6S. The molecule has 212 valence electrons. The molecule has 2 amide bonds. The fourth-order valence-corrected chi connectivity index (χ4v) is 9.06. The largest absolute Gasteiger partial charge is 0.497 e. The van der Waals surface area contributed by atoms with Gasteiger partial charge in [-0.05, 0) is 49.4 Å². The number of likely N-dealkylation sites (tertiary alicyclic amines) is 1. The summed E-state index contributed by atoms with van der Waals surface area (Å²) < 4.78 is 10.0. The second-order valence-electron chi connectivity index (χ2n) is 10.6. The summed E-state index contributed by atoms with van der Waals surface area (Å²) in [7, 11) is 1.59. The average molecular weight is 557 g/mol. The molecular weight excluding hydrogens is 516 g/mol. The van der Waals surface area contributed by atoms with E-state index in [-0.39, 0.29) is 48.7 Å². The van der Waals surface area contributed by atoms with Gasteiger partial charge < -0.3 is 24.4 Å². The zero-order valence-corrected chi connectivity index (χ0v) is 23.7. The standard InChI is InChI=1S/C30H40N2O6S/c1-5-15-31(21-11-13-22(37-4)14-12-21)28(35)26-30-20(3)19-23(39-30)24(29(36)38-18-6-2)25(30)27(34)32(26)16-9-7-8-10-17-33/h5-6,11-14,20,23-26,33H,1-2,7-10,15-19H2,3-4H3/t20?,23-,24+,25-,26?,30?/m0/s1. The van der Waals surface area contributed by atoms with Crippen molar-refractivity contribution in [3.63, 3.8) is 0 Å². The van der Waals surface area contributed by atoms with E-state index in [2.05, 4.69) is 20.1 Å². The van der Waals surface area contributed by atoms with Crippen molar-refractivity contribution < 1.29 is 29.0 Å². The molecule has 3 fully saturated rings. The van der Waals surface area contributed by atoms with E-state index in [4.69, 9.17) is 14.6 Å². The molecule has 39 heavy (non-hydrogen) atoms. The van der Waals surface area contributed by atoms with Crippen LogP contribution in [0.4, 0.5) is 5.69 Å². The highest BCUT2D eigenvalue weighted by Crippen LogP contribution is 2.68. The number of amides is 2. The lowest BCUT2D eigenvalue weighted by atomic mass is 9.66. The Labute approximate surface area is 235 Å². The molecule has 0 radical (unpaired) electrons. The van der Waals surface area contributed by atoms with Crippen molar-refractivity contribution in [2.75, 3.05) is 38.3 Å². The van der Waals surface area contributed by atoms with Gasteiger partial charge in [0.15, 0.2) is 0 Å². The van der Waals surface area contributed by atoms with E-state index in [1.165, 1.54) is 6.08 Å². The second kappa shape index (κ2) is 12.6. The summed E-state index contributed by atoms with van der Waals surface area (Å²) in [4.78, 5) is 45.4. The van der Waals surface area contributed by atoms with Gasteiger partial charge in [0.2, 0.25) is 5.91 Å². The number of nitrogens with zero attached hydrogens (tertiary/aromatic N) is 2. The van der Waals surface area contributed by atoms with E-state index in [1.54, 1.807) is 34.7 Å². The summed E-state index contributed by atoms with van der Waals surface area (Å²) in [5.41, 5.74) is 0.697. The summed E-state index contributed by atoms with van der Waals surface area (Å²) in [5.74, 6) is -1.11. The topological polar surface area (TPSA) is 96.4 Å². The van der Waals surface area contributed by atoms with Crippen molar-refractivity contribution in [2.24, 2.45) is 17.8 Å². The molecule has 3 aliphatic rings. The number of benzene rings is 1. The maximum Gasteiger partial charge on any atom is 0.311 e. The number of rotatable bonds is 14. The summed E-state index contributed by atoms with van der Waals surface area (Å²) in [6, 6.07) is 6.58. The first-order chi connectivity index (χ1) is 18.8. The number of fused-ring (bicyclic) bond motifs is 1. The number of carbonyl (C=O) groups is 3. The van der Waals surface area contributed by atoms with Crippen LogP contribution < -0.4 is 9.64 Å². The number of methoxy groups -OCH3 is 1. The third-order valence-corrected chi connectivity index (χ3v) is 10.4. The summed E-state index contributed by atoms with van der Waals surface area (Å²) in [6.45, 7) is 10.6. The number of hydrogen-bond donors (Lipinski definition) is 1. The fraction of sp³-hybridized carbons (Fsp3) is 0.567. The quantitative estimate of drug-likeness (QED) is 0.211. The number of esters is 1. The highest BCUT2D eigenvalue weighted by atomic mass is 32.2. The van der Waals surface area contributed by atoms with Gasteiger partial charge in [0.25, 0.3) is 5.91 Å². The Hall–Kier alpha value is -2.78. The van der Waals surface area contributed by atoms with Crippen LogP contribution in [0.5, 0.6) is 5.75 Å². The Bertz CT molecular complexity index is 1080. The molecule has 0 aliphatic carbocycles. The molecule has 3 aliphatic heterocycles. The molecule has 3 heterocycles. The number of aliphatic hydroxyl groups excluding tert-OH is 1. The highest BCUT2D eigenvalue weighted by Gasteiger charge is 2.76. The van der Waals surface area contributed by atoms with Gasteiger partial charge in [0.05, 0.1) is 23.7 Å². The van der Waals surface area contributed by atoms with Gasteiger partial charge >= 0.3 is 5.97 Å². The van der Waals surface area contributed by atoms with Crippen molar-refractivity contribution in [2.45, 2.75) is 55.1 Å². The molecule has 2 bridgehead atoms. The van der Waals surface area contributed by atoms with E-state index in [9.17, 15) is 14.4 Å². The summed E-state index contributed by atoms with van der Waals surface area (Å²) in [5, 5.41) is 9.09. The van der Waals surface area contributed by atoms with Crippen molar-refractivity contribution in [3.05, 3.63) is 49.6 Å². The van der Waals surface area contributed by atoms with Gasteiger partial charge in [-0.2, -0.15) is 0 Å². The molecule has 3 saturated heterocycles. The van der Waals surface area contributed by atoms with Crippen LogP contribution in [0.25, 0.3) is 0 Å². The predicted molar refractivity (Wildman–Crippen MR) is 153 cm³/mol. The molecule has 1 N–H and O–H groups in total. The number of ether oxygens (including phenoxy) is 2. The molecule has 6 atom stereocenters. The van der Waals surface area contributed by atoms with Crippen molar-refractivity contribution in [1.82, 2.24) is 4.90 Å². The minimum atomic E-state index is -0.715. The molecule has 0 saturated carbocycles. The van der Waals surface area contributed by atoms with Crippen LogP contribution in [0.15, 0.2) is 49.6 Å². The number of anilines is 1. The SMILES string of the molecule is C=CCOC(=O)[C@@H]1[C@@H]2CC(C)C3(S2)C(C(=O)N(CC=C)c2ccc(OC)cc2)N(CCCCCCO)C(=O)[C@H]13. The zero-order valence-electron chi connectivity index (χ0n) is 22.9. The Morgan fingerprint density at radius 3 is 2.54 bits per heavy atom. The van der Waals surface area contributed by atoms with Crippen molar-refractivity contribution >= 4 is 35.2 Å². The lowest BCUT2D eigenvalue weighted by Crippen LogP contribution is -2.57. The first-order valence-corrected chi connectivity index (χ1v) is 14.7. The van der Waals surface area contributed by atoms with E-state index < -0.39 is 22.6 Å². The van der Waals surface area contributed by atoms with E-state index in [0.717, 1.165) is 25.7 Å². The Kier molecular flexibility index (Phi) is 9.43. The molecule has 8 nitrogen and oxygen atoms in total. The lowest BCUT2D eigenvalue weighted by molar-refractivity contribution is -0.153. The third-order valence-electron chi connectivity index (χ3n) is 8.36. The number of aliphatic hydroxyl groups is 1. The maximum atomic E-state index is 14.6. The Morgan fingerprint density at radius 2 is 1.90 bits per heavy atom. The molecule has 1 spiro atoms. The Balaban J connectivity index is 1.72. The van der Waals surface area contributed by atoms with Crippen LogP contribution in [0.1, 0.15) is 39.0 Å². The van der Waals surface area contributed by atoms with Gasteiger partial charge in [-0.25, -0.2) is 0 Å². The Morgan fingerprint density at radius 1 is 1.18 bits per heavy atom. The van der Waals surface area contributed by atoms with Crippen LogP contribution in [-0.2, 0) is 19.1 Å². The first kappa shape index (κ1) is 29.2. The third kappa shape index (κ3) is 5.23. The average Bonchev–Trinajstić information content (AvgIpc) is 3.53. The van der Waals surface area contributed by atoms with Gasteiger partial charge in [-0.15, -0.1) is 18.3 Å². The number of unbranched alkanes of at least 4 members (excludes halogenated alkanes) is 3. The van der Waals surface area contributed by atoms with Crippen molar-refractivity contribution in [1.29, 1.82) is 0 Å². The second-order valence-corrected chi connectivity index (χ2v) is 12.1. The lowest BCUT2D eigenvalue weighted by Gasteiger charge is -2.40. The van der Waals surface area contributed by atoms with Gasteiger partial charge in [-0.1, -0.05) is 38.5 Å². The maximum absolute atomic E-state index is 14.6. The van der Waals surface area contributed by atoms with Crippen LogP contribution in [0.2, 0.25) is 0 Å². The van der Waals surface area contributed by atoms with Gasteiger partial charge in [0.1, 0.15) is 18.4 Å². The monoisotopic (exact) mass is 556 g/mol. The normalized spacial score (nSPS) is 28.7. The van der Waals surface area contributed by atoms with Crippen LogP contribution >= 0.6 is 11.8 Å². The molecule has 1 aromatic rings. The van der Waals surface area contributed by atoms with E-state index >= 15 is 0 Å². The highest BCUT2D eigenvalue weighted by molar-refractivity contribution is 8.02. The minimum Gasteiger partial charge on any atom is -0.497 e. The molecule has 0 aromatic heterocycles. The predicted octanol–water partition coefficient (Wildman–Crippen LogP) is 3.83. The zero-order chi connectivity index (χ0) is 28.2.